The summed E-state index contributed by atoms with van der Waals surface area (Å²) in [5.41, 5.74) is 5.51. The van der Waals surface area contributed by atoms with Gasteiger partial charge in [0.1, 0.15) is 5.69 Å². The summed E-state index contributed by atoms with van der Waals surface area (Å²) < 4.78 is 41.3. The molecule has 4 rings (SSSR count). The zero-order valence-electron chi connectivity index (χ0n) is 16.5. The van der Waals surface area contributed by atoms with Crippen molar-refractivity contribution in [3.05, 3.63) is 29.3 Å². The van der Waals surface area contributed by atoms with Crippen LogP contribution in [0.15, 0.2) is 18.2 Å². The minimum atomic E-state index is -4.54. The Morgan fingerprint density at radius 3 is 2.52 bits per heavy atom. The smallest absolute Gasteiger partial charge is 0.398 e. The predicted octanol–water partition coefficient (Wildman–Crippen LogP) is 5.44. The molecular weight excluding hydrogens is 427 g/mol. The molecule has 0 saturated heterocycles. The molecular formula is C21H26F3N5OS. The van der Waals surface area contributed by atoms with E-state index >= 15 is 0 Å². The van der Waals surface area contributed by atoms with Gasteiger partial charge in [0.2, 0.25) is 5.13 Å². The van der Waals surface area contributed by atoms with Crippen molar-refractivity contribution in [2.75, 3.05) is 17.6 Å². The minimum Gasteiger partial charge on any atom is -0.398 e. The maximum Gasteiger partial charge on any atom is 0.418 e. The molecule has 0 unspecified atom stereocenters. The van der Waals surface area contributed by atoms with Crippen LogP contribution in [0.1, 0.15) is 57.6 Å². The van der Waals surface area contributed by atoms with Gasteiger partial charge in [0, 0.05) is 17.6 Å². The Balaban J connectivity index is 0.00000272. The molecule has 0 amide bonds. The Hall–Kier alpha value is -2.46. The van der Waals surface area contributed by atoms with E-state index in [1.807, 2.05) is 0 Å². The summed E-state index contributed by atoms with van der Waals surface area (Å²) in [6, 6.07) is 4.46. The number of benzene rings is 1. The van der Waals surface area contributed by atoms with E-state index in [2.05, 4.69) is 20.5 Å². The molecule has 1 fully saturated rings. The summed E-state index contributed by atoms with van der Waals surface area (Å²) >= 11 is 1.17. The van der Waals surface area contributed by atoms with Crippen molar-refractivity contribution < 1.29 is 18.3 Å². The molecule has 0 aliphatic heterocycles. The number of fused-ring (bicyclic) bond motifs is 1. The normalized spacial score (nSPS) is 14.5. The van der Waals surface area contributed by atoms with E-state index in [4.69, 9.17) is 5.73 Å². The van der Waals surface area contributed by atoms with Crippen LogP contribution in [0.4, 0.5) is 24.0 Å². The predicted molar refractivity (Wildman–Crippen MR) is 118 cm³/mol. The number of rotatable bonds is 6. The summed E-state index contributed by atoms with van der Waals surface area (Å²) in [5, 5.41) is 22.0. The standard InChI is InChI=1S/C20H22F3N5OS.CH4/c1-19(2,29)5-6-25-18-28-27-17(30-18)15-9-14(24)12-7-11(10-3-4-10)8-13(16(12)26-15)20(21,22)23;/h7-10,29H,3-6H2,1-2H3,(H2,24,26)(H,25,28);1H4. The molecule has 1 aliphatic rings. The molecule has 1 saturated carbocycles. The van der Waals surface area contributed by atoms with Crippen molar-refractivity contribution in [1.29, 1.82) is 0 Å². The third-order valence-electron chi connectivity index (χ3n) is 4.98. The Morgan fingerprint density at radius 1 is 1.19 bits per heavy atom. The molecule has 1 aliphatic carbocycles. The zero-order chi connectivity index (χ0) is 21.7. The largest absolute Gasteiger partial charge is 0.418 e. The fourth-order valence-corrected chi connectivity index (χ4v) is 3.96. The molecule has 0 radical (unpaired) electrons. The van der Waals surface area contributed by atoms with Gasteiger partial charge in [-0.15, -0.1) is 10.2 Å². The maximum atomic E-state index is 13.8. The number of nitrogen functional groups attached to an aromatic ring is 1. The van der Waals surface area contributed by atoms with E-state index in [0.717, 1.165) is 12.8 Å². The molecule has 1 aromatic carbocycles. The number of hydrogen-bond donors (Lipinski definition) is 3. The molecule has 3 aromatic rings. The van der Waals surface area contributed by atoms with Crippen LogP contribution in [0.3, 0.4) is 0 Å². The number of pyridine rings is 1. The number of anilines is 2. The van der Waals surface area contributed by atoms with Gasteiger partial charge in [-0.3, -0.25) is 0 Å². The van der Waals surface area contributed by atoms with E-state index < -0.39 is 17.3 Å². The molecule has 0 bridgehead atoms. The number of hydrogen-bond acceptors (Lipinski definition) is 7. The topological polar surface area (TPSA) is 97.0 Å². The van der Waals surface area contributed by atoms with Gasteiger partial charge >= 0.3 is 6.18 Å². The first-order valence-electron chi connectivity index (χ1n) is 9.63. The quantitative estimate of drug-likeness (QED) is 0.460. The minimum absolute atomic E-state index is 0. The highest BCUT2D eigenvalue weighted by Crippen LogP contribution is 2.45. The summed E-state index contributed by atoms with van der Waals surface area (Å²) in [4.78, 5) is 4.27. The lowest BCUT2D eigenvalue weighted by molar-refractivity contribution is -0.136. The molecule has 168 valence electrons. The van der Waals surface area contributed by atoms with Gasteiger partial charge < -0.3 is 16.2 Å². The summed E-state index contributed by atoms with van der Waals surface area (Å²) in [6.07, 6.45) is -2.25. The monoisotopic (exact) mass is 453 g/mol. The average Bonchev–Trinajstić information content (AvgIpc) is 3.38. The highest BCUT2D eigenvalue weighted by molar-refractivity contribution is 7.18. The summed E-state index contributed by atoms with van der Waals surface area (Å²) in [7, 11) is 0. The molecule has 0 spiro atoms. The van der Waals surface area contributed by atoms with Crippen molar-refractivity contribution >= 4 is 33.1 Å². The van der Waals surface area contributed by atoms with Crippen LogP contribution in [0.25, 0.3) is 21.6 Å². The number of nitrogens with two attached hydrogens (primary N) is 1. The Labute approximate surface area is 182 Å². The van der Waals surface area contributed by atoms with Gasteiger partial charge in [0.05, 0.1) is 16.7 Å². The van der Waals surface area contributed by atoms with Crippen molar-refractivity contribution in [3.8, 4) is 10.7 Å². The number of nitrogens with one attached hydrogen (secondary N) is 1. The van der Waals surface area contributed by atoms with Crippen LogP contribution in [-0.4, -0.2) is 32.4 Å². The molecule has 0 atom stereocenters. The van der Waals surface area contributed by atoms with Crippen molar-refractivity contribution in [2.45, 2.75) is 58.2 Å². The maximum absolute atomic E-state index is 13.8. The molecule has 10 heteroatoms. The number of alkyl halides is 3. The first-order chi connectivity index (χ1) is 14.0. The molecule has 4 N–H and O–H groups in total. The average molecular weight is 454 g/mol. The van der Waals surface area contributed by atoms with Crippen molar-refractivity contribution in [3.63, 3.8) is 0 Å². The molecule has 2 aromatic heterocycles. The van der Waals surface area contributed by atoms with Crippen LogP contribution >= 0.6 is 11.3 Å². The lowest BCUT2D eigenvalue weighted by Gasteiger charge is -2.16. The van der Waals surface area contributed by atoms with Crippen LogP contribution < -0.4 is 11.1 Å². The van der Waals surface area contributed by atoms with Gasteiger partial charge in [-0.25, -0.2) is 4.98 Å². The lowest BCUT2D eigenvalue weighted by Crippen LogP contribution is -2.22. The fourth-order valence-electron chi connectivity index (χ4n) is 3.23. The third-order valence-corrected chi connectivity index (χ3v) is 5.88. The van der Waals surface area contributed by atoms with E-state index in [0.29, 0.717) is 34.1 Å². The van der Waals surface area contributed by atoms with Crippen LogP contribution in [-0.2, 0) is 6.18 Å². The van der Waals surface area contributed by atoms with E-state index in [-0.39, 0.29) is 30.2 Å². The van der Waals surface area contributed by atoms with Gasteiger partial charge in [-0.2, -0.15) is 13.2 Å². The fraction of sp³-hybridized carbons (Fsp3) is 0.476. The second kappa shape index (κ2) is 8.23. The van der Waals surface area contributed by atoms with Gasteiger partial charge in [-0.05, 0) is 62.8 Å². The van der Waals surface area contributed by atoms with Crippen molar-refractivity contribution in [1.82, 2.24) is 15.2 Å². The summed E-state index contributed by atoms with van der Waals surface area (Å²) in [6.45, 7) is 3.89. The van der Waals surface area contributed by atoms with E-state index in [1.54, 1.807) is 26.0 Å². The number of aromatic nitrogens is 3. The first kappa shape index (κ1) is 23.2. The Kier molecular flexibility index (Phi) is 6.16. The van der Waals surface area contributed by atoms with Gasteiger partial charge in [-0.1, -0.05) is 18.8 Å². The number of halogens is 3. The van der Waals surface area contributed by atoms with Gasteiger partial charge in [0.15, 0.2) is 5.01 Å². The van der Waals surface area contributed by atoms with Crippen LogP contribution in [0.5, 0.6) is 0 Å². The third kappa shape index (κ3) is 5.24. The van der Waals surface area contributed by atoms with Crippen LogP contribution in [0.2, 0.25) is 0 Å². The highest BCUT2D eigenvalue weighted by Gasteiger charge is 2.36. The molecule has 2 heterocycles. The Morgan fingerprint density at radius 2 is 1.90 bits per heavy atom. The second-order valence-corrected chi connectivity index (χ2v) is 9.21. The first-order valence-corrected chi connectivity index (χ1v) is 10.4. The Bertz CT molecular complexity index is 1090. The summed E-state index contributed by atoms with van der Waals surface area (Å²) in [5.74, 6) is 0.162. The van der Waals surface area contributed by atoms with E-state index in [9.17, 15) is 18.3 Å². The van der Waals surface area contributed by atoms with Gasteiger partial charge in [0.25, 0.3) is 0 Å². The van der Waals surface area contributed by atoms with E-state index in [1.165, 1.54) is 17.4 Å². The second-order valence-electron chi connectivity index (χ2n) is 8.23. The number of nitrogens with zero attached hydrogens (tertiary/aromatic N) is 3. The van der Waals surface area contributed by atoms with Crippen molar-refractivity contribution in [2.24, 2.45) is 0 Å². The molecule has 31 heavy (non-hydrogen) atoms. The number of aliphatic hydroxyl groups is 1. The van der Waals surface area contributed by atoms with Crippen LogP contribution in [0, 0.1) is 0 Å². The lowest BCUT2D eigenvalue weighted by atomic mass is 10.0. The zero-order valence-corrected chi connectivity index (χ0v) is 17.4. The SMILES string of the molecule is C.CC(C)(O)CCNc1nnc(-c2cc(N)c3cc(C4CC4)cc(C(F)(F)F)c3n2)s1. The molecule has 6 nitrogen and oxygen atoms in total. The highest BCUT2D eigenvalue weighted by atomic mass is 32.1.